The molecule has 0 radical (unpaired) electrons. The zero-order chi connectivity index (χ0) is 22.5. The maximum absolute atomic E-state index is 6.28. The van der Waals surface area contributed by atoms with E-state index in [0.29, 0.717) is 25.6 Å². The second kappa shape index (κ2) is 9.58. The number of aromatic nitrogens is 5. The molecule has 0 saturated carbocycles. The van der Waals surface area contributed by atoms with E-state index in [1.54, 1.807) is 0 Å². The van der Waals surface area contributed by atoms with Crippen molar-refractivity contribution in [1.29, 1.82) is 0 Å². The molecule has 7 nitrogen and oxygen atoms in total. The summed E-state index contributed by atoms with van der Waals surface area (Å²) in [6.07, 6.45) is 0. The summed E-state index contributed by atoms with van der Waals surface area (Å²) in [6.45, 7) is 3.45. The molecule has 0 aliphatic carbocycles. The van der Waals surface area contributed by atoms with Gasteiger partial charge < -0.3 is 9.47 Å². The van der Waals surface area contributed by atoms with Gasteiger partial charge in [0, 0.05) is 23.6 Å². The first-order valence-corrected chi connectivity index (χ1v) is 10.8. The third-order valence-corrected chi connectivity index (χ3v) is 5.33. The predicted octanol–water partition coefficient (Wildman–Crippen LogP) is 5.20. The van der Waals surface area contributed by atoms with Crippen LogP contribution in [-0.2, 0) is 18.0 Å². The quantitative estimate of drug-likeness (QED) is 0.359. The Morgan fingerprint density at radius 2 is 1.70 bits per heavy atom. The van der Waals surface area contributed by atoms with Gasteiger partial charge >= 0.3 is 0 Å². The maximum Gasteiger partial charge on any atom is 0.205 e. The Labute approximate surface area is 191 Å². The Morgan fingerprint density at radius 3 is 2.52 bits per heavy atom. The highest BCUT2D eigenvalue weighted by molar-refractivity contribution is 5.85. The number of tetrazole rings is 1. The number of hydrogen-bond donors (Lipinski definition) is 1. The van der Waals surface area contributed by atoms with Crippen LogP contribution in [0, 0.1) is 0 Å². The number of nitrogens with one attached hydrogen (secondary N) is 1. The number of nitrogens with zero attached hydrogens (tertiary/aromatic N) is 4. The van der Waals surface area contributed by atoms with Gasteiger partial charge in [-0.25, -0.2) is 0 Å². The molecule has 0 saturated heterocycles. The fourth-order valence-corrected chi connectivity index (χ4v) is 3.77. The van der Waals surface area contributed by atoms with Crippen LogP contribution in [0.5, 0.6) is 5.75 Å². The summed E-state index contributed by atoms with van der Waals surface area (Å²) in [5, 5.41) is 15.7. The van der Waals surface area contributed by atoms with Gasteiger partial charge in [-0.1, -0.05) is 54.6 Å². The Morgan fingerprint density at radius 1 is 0.848 bits per heavy atom. The molecule has 2 heterocycles. The van der Waals surface area contributed by atoms with Gasteiger partial charge in [-0.3, -0.25) is 4.98 Å². The highest BCUT2D eigenvalue weighted by Gasteiger charge is 2.13. The van der Waals surface area contributed by atoms with Crippen LogP contribution in [0.3, 0.4) is 0 Å². The molecule has 7 heteroatoms. The topological polar surface area (TPSA) is 85.8 Å². The largest absolute Gasteiger partial charge is 0.488 e. The zero-order valence-corrected chi connectivity index (χ0v) is 18.2. The number of hydrogen-bond acceptors (Lipinski definition) is 6. The van der Waals surface area contributed by atoms with E-state index < -0.39 is 0 Å². The molecule has 3 aromatic carbocycles. The van der Waals surface area contributed by atoms with E-state index in [1.165, 1.54) is 0 Å². The van der Waals surface area contributed by atoms with Gasteiger partial charge in [-0.05, 0) is 47.0 Å². The molecular weight excluding hydrogens is 414 g/mol. The summed E-state index contributed by atoms with van der Waals surface area (Å²) in [7, 11) is 0. The van der Waals surface area contributed by atoms with E-state index in [0.717, 1.165) is 44.6 Å². The summed E-state index contributed by atoms with van der Waals surface area (Å²) in [5.74, 6) is 1.33. The minimum absolute atomic E-state index is 0.391. The van der Waals surface area contributed by atoms with E-state index in [-0.39, 0.29) is 0 Å². The van der Waals surface area contributed by atoms with Crippen molar-refractivity contribution in [1.82, 2.24) is 25.6 Å². The van der Waals surface area contributed by atoms with E-state index in [2.05, 4.69) is 55.9 Å². The second-order valence-electron chi connectivity index (χ2n) is 7.54. The van der Waals surface area contributed by atoms with Gasteiger partial charge in [0.2, 0.25) is 5.82 Å². The van der Waals surface area contributed by atoms with Crippen molar-refractivity contribution >= 4 is 10.9 Å². The zero-order valence-electron chi connectivity index (χ0n) is 18.2. The van der Waals surface area contributed by atoms with Crippen LogP contribution in [0.4, 0.5) is 0 Å². The van der Waals surface area contributed by atoms with Gasteiger partial charge in [-0.2, -0.15) is 5.21 Å². The molecule has 5 aromatic rings. The van der Waals surface area contributed by atoms with Crippen molar-refractivity contribution in [3.63, 3.8) is 0 Å². The Kier molecular flexibility index (Phi) is 6.04. The summed E-state index contributed by atoms with van der Waals surface area (Å²) in [6, 6.07) is 26.3. The molecule has 0 spiro atoms. The Hall–Kier alpha value is -4.10. The van der Waals surface area contributed by atoms with Gasteiger partial charge in [0.1, 0.15) is 12.4 Å². The van der Waals surface area contributed by atoms with Crippen LogP contribution in [-0.4, -0.2) is 32.2 Å². The van der Waals surface area contributed by atoms with Crippen LogP contribution in [0.15, 0.2) is 78.9 Å². The standard InChI is InChI=1S/C26H23N5O2/c1-2-32-17-20-15-25(22-10-6-7-11-24(22)27-20)33-16-18-12-13-21(19-8-4-3-5-9-19)23(14-18)26-28-30-31-29-26/h3-15H,2,16-17H2,1H3,(H,28,29,30,31). The highest BCUT2D eigenvalue weighted by Crippen LogP contribution is 2.32. The van der Waals surface area contributed by atoms with E-state index in [1.807, 2.05) is 55.5 Å². The smallest absolute Gasteiger partial charge is 0.205 e. The summed E-state index contributed by atoms with van der Waals surface area (Å²) in [4.78, 5) is 4.69. The van der Waals surface area contributed by atoms with Crippen molar-refractivity contribution in [2.75, 3.05) is 6.61 Å². The lowest BCUT2D eigenvalue weighted by atomic mass is 9.97. The van der Waals surface area contributed by atoms with Crippen molar-refractivity contribution in [3.05, 3.63) is 90.1 Å². The predicted molar refractivity (Wildman–Crippen MR) is 126 cm³/mol. The van der Waals surface area contributed by atoms with Crippen molar-refractivity contribution in [3.8, 4) is 28.3 Å². The molecule has 2 aromatic heterocycles. The van der Waals surface area contributed by atoms with Crippen LogP contribution in [0.2, 0.25) is 0 Å². The van der Waals surface area contributed by atoms with Crippen molar-refractivity contribution < 1.29 is 9.47 Å². The van der Waals surface area contributed by atoms with Gasteiger partial charge in [0.05, 0.1) is 17.8 Å². The third kappa shape index (κ3) is 4.58. The molecular formula is C26H23N5O2. The first-order chi connectivity index (χ1) is 16.3. The molecule has 0 bridgehead atoms. The summed E-state index contributed by atoms with van der Waals surface area (Å²) in [5.41, 5.74) is 5.75. The minimum Gasteiger partial charge on any atom is -0.488 e. The first kappa shape index (κ1) is 20.8. The van der Waals surface area contributed by atoms with Crippen LogP contribution < -0.4 is 4.74 Å². The number of aromatic amines is 1. The molecule has 5 rings (SSSR count). The molecule has 164 valence electrons. The normalized spacial score (nSPS) is 11.1. The number of para-hydroxylation sites is 1. The third-order valence-electron chi connectivity index (χ3n) is 5.33. The molecule has 0 atom stereocenters. The van der Waals surface area contributed by atoms with E-state index in [9.17, 15) is 0 Å². The number of fused-ring (bicyclic) bond motifs is 1. The molecule has 0 aliphatic heterocycles. The van der Waals surface area contributed by atoms with Crippen molar-refractivity contribution in [2.45, 2.75) is 20.1 Å². The fourth-order valence-electron chi connectivity index (χ4n) is 3.77. The molecule has 0 fully saturated rings. The molecule has 0 amide bonds. The van der Waals surface area contributed by atoms with Crippen LogP contribution in [0.1, 0.15) is 18.2 Å². The number of benzene rings is 3. The number of pyridine rings is 1. The van der Waals surface area contributed by atoms with E-state index >= 15 is 0 Å². The molecule has 0 unspecified atom stereocenters. The Bertz CT molecular complexity index is 1350. The van der Waals surface area contributed by atoms with Crippen molar-refractivity contribution in [2.24, 2.45) is 0 Å². The molecule has 1 N–H and O–H groups in total. The second-order valence-corrected chi connectivity index (χ2v) is 7.54. The fraction of sp³-hybridized carbons (Fsp3) is 0.154. The van der Waals surface area contributed by atoms with Gasteiger partial charge in [-0.15, -0.1) is 10.2 Å². The number of H-pyrrole nitrogens is 1. The van der Waals surface area contributed by atoms with Crippen LogP contribution >= 0.6 is 0 Å². The van der Waals surface area contributed by atoms with Gasteiger partial charge in [0.25, 0.3) is 0 Å². The Balaban J connectivity index is 1.47. The maximum atomic E-state index is 6.28. The number of rotatable bonds is 8. The van der Waals surface area contributed by atoms with Gasteiger partial charge in [0.15, 0.2) is 0 Å². The average Bonchev–Trinajstić information content (AvgIpc) is 3.41. The summed E-state index contributed by atoms with van der Waals surface area (Å²) >= 11 is 0. The lowest BCUT2D eigenvalue weighted by Crippen LogP contribution is -2.01. The first-order valence-electron chi connectivity index (χ1n) is 10.8. The monoisotopic (exact) mass is 437 g/mol. The molecule has 33 heavy (non-hydrogen) atoms. The minimum atomic E-state index is 0.391. The number of ether oxygens (including phenoxy) is 2. The summed E-state index contributed by atoms with van der Waals surface area (Å²) < 4.78 is 11.8. The lowest BCUT2D eigenvalue weighted by molar-refractivity contribution is 0.131. The SMILES string of the molecule is CCOCc1cc(OCc2ccc(-c3ccccc3)c(-c3nn[nH]n3)c2)c2ccccc2n1. The van der Waals surface area contributed by atoms with Crippen LogP contribution in [0.25, 0.3) is 33.4 Å². The highest BCUT2D eigenvalue weighted by atomic mass is 16.5. The average molecular weight is 438 g/mol. The van der Waals surface area contributed by atoms with E-state index in [4.69, 9.17) is 9.47 Å². The molecule has 0 aliphatic rings. The lowest BCUT2D eigenvalue weighted by Gasteiger charge is -2.13.